The number of benzene rings is 2. The zero-order valence-electron chi connectivity index (χ0n) is 14.5. The summed E-state index contributed by atoms with van der Waals surface area (Å²) in [6, 6.07) is 9.87. The Morgan fingerprint density at radius 3 is 2.56 bits per heavy atom. The van der Waals surface area contributed by atoms with Crippen LogP contribution in [0.4, 0.5) is 0 Å². The van der Waals surface area contributed by atoms with Crippen LogP contribution in [0.15, 0.2) is 41.3 Å². The van der Waals surface area contributed by atoms with Crippen molar-refractivity contribution in [2.24, 2.45) is 0 Å². The van der Waals surface area contributed by atoms with E-state index in [0.717, 1.165) is 24.8 Å². The summed E-state index contributed by atoms with van der Waals surface area (Å²) in [6.07, 6.45) is 2.33. The van der Waals surface area contributed by atoms with Gasteiger partial charge in [-0.25, -0.2) is 8.42 Å². The van der Waals surface area contributed by atoms with Crippen LogP contribution in [-0.4, -0.2) is 32.5 Å². The van der Waals surface area contributed by atoms with E-state index < -0.39 is 10.0 Å². The van der Waals surface area contributed by atoms with Crippen LogP contribution >= 0.6 is 23.2 Å². The third-order valence-electron chi connectivity index (χ3n) is 4.84. The Bertz CT molecular complexity index is 964. The summed E-state index contributed by atoms with van der Waals surface area (Å²) >= 11 is 12.2. The highest BCUT2D eigenvalue weighted by atomic mass is 35.5. The van der Waals surface area contributed by atoms with Crippen molar-refractivity contribution < 1.29 is 17.9 Å². The molecule has 0 bridgehead atoms. The topological polar surface area (TPSA) is 55.8 Å². The molecule has 2 aromatic carbocycles. The van der Waals surface area contributed by atoms with Crippen LogP contribution in [0.2, 0.25) is 10.0 Å². The minimum atomic E-state index is -3.77. The van der Waals surface area contributed by atoms with Crippen LogP contribution in [0.3, 0.4) is 0 Å². The molecule has 1 saturated heterocycles. The second-order valence-corrected chi connectivity index (χ2v) is 9.31. The Morgan fingerprint density at radius 2 is 1.74 bits per heavy atom. The van der Waals surface area contributed by atoms with Gasteiger partial charge in [0, 0.05) is 18.0 Å². The van der Waals surface area contributed by atoms with Gasteiger partial charge in [-0.3, -0.25) is 0 Å². The minimum Gasteiger partial charge on any atom is -0.490 e. The maximum Gasteiger partial charge on any atom is 0.245 e. The highest BCUT2D eigenvalue weighted by Crippen LogP contribution is 2.41. The molecule has 0 saturated carbocycles. The van der Waals surface area contributed by atoms with Crippen molar-refractivity contribution in [3.63, 3.8) is 0 Å². The number of halogens is 2. The summed E-state index contributed by atoms with van der Waals surface area (Å²) in [4.78, 5) is 0.0397. The molecule has 2 aliphatic heterocycles. The van der Waals surface area contributed by atoms with Gasteiger partial charge in [-0.2, -0.15) is 4.31 Å². The zero-order chi connectivity index (χ0) is 19.0. The zero-order valence-corrected chi connectivity index (χ0v) is 16.9. The Labute approximate surface area is 168 Å². The first-order chi connectivity index (χ1) is 13.0. The molecule has 0 unspecified atom stereocenters. The van der Waals surface area contributed by atoms with Crippen molar-refractivity contribution in [3.8, 4) is 11.5 Å². The lowest BCUT2D eigenvalue weighted by molar-refractivity contribution is 0.296. The number of sulfonamides is 1. The van der Waals surface area contributed by atoms with Crippen LogP contribution in [-0.2, 0) is 10.0 Å². The number of rotatable bonds is 3. The van der Waals surface area contributed by atoms with Gasteiger partial charge in [-0.1, -0.05) is 29.3 Å². The van der Waals surface area contributed by atoms with Crippen LogP contribution in [0.25, 0.3) is 0 Å². The maximum atomic E-state index is 13.3. The number of fused-ring (bicyclic) bond motifs is 1. The molecule has 144 valence electrons. The molecule has 8 heteroatoms. The molecule has 2 aliphatic rings. The van der Waals surface area contributed by atoms with Gasteiger partial charge in [0.05, 0.1) is 24.3 Å². The van der Waals surface area contributed by atoms with Gasteiger partial charge < -0.3 is 9.47 Å². The summed E-state index contributed by atoms with van der Waals surface area (Å²) in [5.74, 6) is 1.36. The molecule has 0 aliphatic carbocycles. The molecule has 5 nitrogen and oxygen atoms in total. The molecule has 1 atom stereocenters. The first kappa shape index (κ1) is 18.9. The summed E-state index contributed by atoms with van der Waals surface area (Å²) in [7, 11) is -3.77. The van der Waals surface area contributed by atoms with Crippen molar-refractivity contribution in [1.29, 1.82) is 0 Å². The second-order valence-electron chi connectivity index (χ2n) is 6.61. The fourth-order valence-corrected chi connectivity index (χ4v) is 5.97. The lowest BCUT2D eigenvalue weighted by Gasteiger charge is -2.25. The van der Waals surface area contributed by atoms with Crippen molar-refractivity contribution in [3.05, 3.63) is 52.0 Å². The average molecular weight is 428 g/mol. The normalized spacial score (nSPS) is 20.4. The van der Waals surface area contributed by atoms with E-state index in [-0.39, 0.29) is 16.0 Å². The van der Waals surface area contributed by atoms with E-state index in [1.54, 1.807) is 6.07 Å². The van der Waals surface area contributed by atoms with Gasteiger partial charge in [0.25, 0.3) is 0 Å². The summed E-state index contributed by atoms with van der Waals surface area (Å²) < 4.78 is 39.5. The van der Waals surface area contributed by atoms with Crippen molar-refractivity contribution in [2.75, 3.05) is 19.8 Å². The summed E-state index contributed by atoms with van der Waals surface area (Å²) in [5, 5.41) is 0.507. The molecule has 27 heavy (non-hydrogen) atoms. The van der Waals surface area contributed by atoms with Crippen LogP contribution in [0.5, 0.6) is 11.5 Å². The van der Waals surface area contributed by atoms with E-state index >= 15 is 0 Å². The highest BCUT2D eigenvalue weighted by molar-refractivity contribution is 7.89. The first-order valence-electron chi connectivity index (χ1n) is 8.83. The Kier molecular flexibility index (Phi) is 5.25. The largest absolute Gasteiger partial charge is 0.490 e. The number of hydrogen-bond donors (Lipinski definition) is 0. The highest BCUT2D eigenvalue weighted by Gasteiger charge is 2.37. The van der Waals surface area contributed by atoms with Crippen molar-refractivity contribution >= 4 is 33.2 Å². The fraction of sp³-hybridized carbons (Fsp3) is 0.368. The number of hydrogen-bond acceptors (Lipinski definition) is 4. The van der Waals surface area contributed by atoms with Gasteiger partial charge in [0.15, 0.2) is 11.5 Å². The smallest absolute Gasteiger partial charge is 0.245 e. The minimum absolute atomic E-state index is 0.0397. The monoisotopic (exact) mass is 427 g/mol. The molecule has 1 fully saturated rings. The van der Waals surface area contributed by atoms with E-state index in [1.165, 1.54) is 16.4 Å². The summed E-state index contributed by atoms with van der Waals surface area (Å²) in [6.45, 7) is 1.63. The third kappa shape index (κ3) is 3.63. The van der Waals surface area contributed by atoms with Gasteiger partial charge in [0.2, 0.25) is 10.0 Å². The van der Waals surface area contributed by atoms with Crippen molar-refractivity contribution in [2.45, 2.75) is 30.2 Å². The predicted molar refractivity (Wildman–Crippen MR) is 104 cm³/mol. The summed E-state index contributed by atoms with van der Waals surface area (Å²) in [5.41, 5.74) is 0.887. The quantitative estimate of drug-likeness (QED) is 0.713. The molecule has 0 radical (unpaired) electrons. The van der Waals surface area contributed by atoms with Crippen LogP contribution in [0, 0.1) is 0 Å². The maximum absolute atomic E-state index is 13.3. The van der Waals surface area contributed by atoms with E-state index in [0.29, 0.717) is 36.3 Å². The molecule has 4 rings (SSSR count). The van der Waals surface area contributed by atoms with Crippen LogP contribution < -0.4 is 9.47 Å². The van der Waals surface area contributed by atoms with Gasteiger partial charge in [0.1, 0.15) is 4.90 Å². The molecular weight excluding hydrogens is 409 g/mol. The SMILES string of the molecule is O=S(=O)(c1cc(Cl)ccc1Cl)N1CCC[C@@H]1c1ccc2c(c1)OCCCO2. The number of nitrogens with zero attached hydrogens (tertiary/aromatic N) is 1. The second kappa shape index (κ2) is 7.51. The van der Waals surface area contributed by atoms with Crippen LogP contribution in [0.1, 0.15) is 30.9 Å². The Balaban J connectivity index is 1.70. The molecule has 0 spiro atoms. The van der Waals surface area contributed by atoms with Gasteiger partial charge >= 0.3 is 0 Å². The molecule has 0 aromatic heterocycles. The number of ether oxygens (including phenoxy) is 2. The predicted octanol–water partition coefficient (Wildman–Crippen LogP) is 4.68. The molecule has 2 heterocycles. The van der Waals surface area contributed by atoms with E-state index in [1.807, 2.05) is 18.2 Å². The fourth-order valence-electron chi connectivity index (χ4n) is 3.55. The lowest BCUT2D eigenvalue weighted by atomic mass is 10.0. The molecule has 0 N–H and O–H groups in total. The molecule has 0 amide bonds. The standard InChI is InChI=1S/C19H19Cl2NO4S/c20-14-5-6-15(21)19(12-14)27(23,24)22-8-1-3-16(22)13-4-7-17-18(11-13)26-10-2-9-25-17/h4-7,11-12,16H,1-3,8-10H2/t16-/m1/s1. The van der Waals surface area contributed by atoms with E-state index in [2.05, 4.69) is 0 Å². The Hall–Kier alpha value is -1.47. The van der Waals surface area contributed by atoms with Gasteiger partial charge in [-0.05, 0) is 48.7 Å². The third-order valence-corrected chi connectivity index (χ3v) is 7.46. The average Bonchev–Trinajstić information content (AvgIpc) is 3.03. The molecular formula is C19H19Cl2NO4S. The van der Waals surface area contributed by atoms with Crippen molar-refractivity contribution in [1.82, 2.24) is 4.31 Å². The van der Waals surface area contributed by atoms with Gasteiger partial charge in [-0.15, -0.1) is 0 Å². The molecule has 2 aromatic rings. The Morgan fingerprint density at radius 1 is 0.963 bits per heavy atom. The lowest BCUT2D eigenvalue weighted by Crippen LogP contribution is -2.31. The van der Waals surface area contributed by atoms with E-state index in [9.17, 15) is 8.42 Å². The van der Waals surface area contributed by atoms with E-state index in [4.69, 9.17) is 32.7 Å². The first-order valence-corrected chi connectivity index (χ1v) is 11.0.